The van der Waals surface area contributed by atoms with Gasteiger partial charge in [0.15, 0.2) is 0 Å². The zero-order valence-corrected chi connectivity index (χ0v) is 14.7. The Morgan fingerprint density at radius 2 is 2.00 bits per heavy atom. The summed E-state index contributed by atoms with van der Waals surface area (Å²) in [6, 6.07) is 8.11. The number of nitrogens with one attached hydrogen (secondary N) is 1. The molecule has 25 heavy (non-hydrogen) atoms. The van der Waals surface area contributed by atoms with E-state index in [0.29, 0.717) is 12.6 Å². The van der Waals surface area contributed by atoms with Gasteiger partial charge >= 0.3 is 6.03 Å². The van der Waals surface area contributed by atoms with E-state index in [1.165, 1.54) is 18.4 Å². The predicted molar refractivity (Wildman–Crippen MR) is 94.9 cm³/mol. The van der Waals surface area contributed by atoms with Gasteiger partial charge in [-0.15, -0.1) is 0 Å². The second-order valence-corrected chi connectivity index (χ2v) is 7.16. The maximum Gasteiger partial charge on any atom is 0.317 e. The molecular weight excluding hydrogens is 318 g/mol. The lowest BCUT2D eigenvalue weighted by molar-refractivity contribution is 0.0559. The van der Waals surface area contributed by atoms with Gasteiger partial charge in [-0.25, -0.2) is 4.79 Å². The number of urea groups is 1. The standard InChI is InChI=1S/C19H27N3O3/c23-19(20-13-17-12-15-4-1-2-6-18(15)25-17)22-9-7-21(8-10-22)14-16-5-3-11-24-16/h1-2,4,6,16-17H,3,5,7-14H2,(H,20,23)/t16-,17+/m0/s1. The number of rotatable bonds is 4. The van der Waals surface area contributed by atoms with Crippen LogP contribution in [0.3, 0.4) is 0 Å². The molecule has 6 nitrogen and oxygen atoms in total. The van der Waals surface area contributed by atoms with Crippen molar-refractivity contribution >= 4 is 6.03 Å². The monoisotopic (exact) mass is 345 g/mol. The Balaban J connectivity index is 1.17. The highest BCUT2D eigenvalue weighted by molar-refractivity contribution is 5.74. The average molecular weight is 345 g/mol. The molecule has 3 aliphatic rings. The zero-order valence-electron chi connectivity index (χ0n) is 14.7. The smallest absolute Gasteiger partial charge is 0.317 e. The van der Waals surface area contributed by atoms with E-state index < -0.39 is 0 Å². The number of carbonyl (C=O) groups excluding carboxylic acids is 1. The first-order valence-corrected chi connectivity index (χ1v) is 9.39. The van der Waals surface area contributed by atoms with E-state index in [-0.39, 0.29) is 12.1 Å². The van der Waals surface area contributed by atoms with Crippen LogP contribution in [0.5, 0.6) is 5.75 Å². The first kappa shape index (κ1) is 16.7. The quantitative estimate of drug-likeness (QED) is 0.898. The van der Waals surface area contributed by atoms with Crippen molar-refractivity contribution in [1.29, 1.82) is 0 Å². The molecule has 1 aromatic rings. The largest absolute Gasteiger partial charge is 0.488 e. The first-order valence-electron chi connectivity index (χ1n) is 9.39. The first-order chi connectivity index (χ1) is 12.3. The molecule has 2 fully saturated rings. The van der Waals surface area contributed by atoms with Crippen LogP contribution in [0.2, 0.25) is 0 Å². The van der Waals surface area contributed by atoms with Crippen molar-refractivity contribution in [3.05, 3.63) is 29.8 Å². The average Bonchev–Trinajstić information content (AvgIpc) is 3.29. The summed E-state index contributed by atoms with van der Waals surface area (Å²) in [5, 5.41) is 3.04. The summed E-state index contributed by atoms with van der Waals surface area (Å²) in [5.41, 5.74) is 1.23. The van der Waals surface area contributed by atoms with E-state index in [1.54, 1.807) is 0 Å². The minimum Gasteiger partial charge on any atom is -0.488 e. The summed E-state index contributed by atoms with van der Waals surface area (Å²) >= 11 is 0. The minimum absolute atomic E-state index is 0.0244. The zero-order chi connectivity index (χ0) is 17.1. The van der Waals surface area contributed by atoms with Gasteiger partial charge in [0.2, 0.25) is 0 Å². The Labute approximate surface area is 149 Å². The number of carbonyl (C=O) groups is 1. The van der Waals surface area contributed by atoms with E-state index >= 15 is 0 Å². The molecule has 136 valence electrons. The number of hydrogen-bond donors (Lipinski definition) is 1. The van der Waals surface area contributed by atoms with Crippen LogP contribution in [-0.2, 0) is 11.2 Å². The van der Waals surface area contributed by atoms with Gasteiger partial charge in [0.05, 0.1) is 12.6 Å². The summed E-state index contributed by atoms with van der Waals surface area (Å²) in [6.07, 6.45) is 3.65. The van der Waals surface area contributed by atoms with Crippen LogP contribution < -0.4 is 10.1 Å². The lowest BCUT2D eigenvalue weighted by Crippen LogP contribution is -2.53. The molecule has 3 aliphatic heterocycles. The number of nitrogens with zero attached hydrogens (tertiary/aromatic N) is 2. The van der Waals surface area contributed by atoms with Gasteiger partial charge in [-0.1, -0.05) is 18.2 Å². The second-order valence-electron chi connectivity index (χ2n) is 7.16. The molecule has 0 unspecified atom stereocenters. The SMILES string of the molecule is O=C(NC[C@H]1Cc2ccccc2O1)N1CCN(C[C@@H]2CCCO2)CC1. The highest BCUT2D eigenvalue weighted by Gasteiger charge is 2.26. The number of ether oxygens (including phenoxy) is 2. The summed E-state index contributed by atoms with van der Waals surface area (Å²) < 4.78 is 11.6. The van der Waals surface area contributed by atoms with Gasteiger partial charge in [0.1, 0.15) is 11.9 Å². The molecule has 4 rings (SSSR count). The Morgan fingerprint density at radius 3 is 2.76 bits per heavy atom. The molecule has 2 atom stereocenters. The minimum atomic E-state index is 0.0244. The van der Waals surface area contributed by atoms with E-state index in [0.717, 1.165) is 51.5 Å². The highest BCUT2D eigenvalue weighted by Crippen LogP contribution is 2.27. The van der Waals surface area contributed by atoms with Crippen LogP contribution in [0, 0.1) is 0 Å². The molecule has 1 aromatic carbocycles. The molecular formula is C19H27N3O3. The molecule has 2 amide bonds. The number of hydrogen-bond acceptors (Lipinski definition) is 4. The maximum absolute atomic E-state index is 12.4. The molecule has 0 bridgehead atoms. The molecule has 1 N–H and O–H groups in total. The molecule has 0 saturated carbocycles. The lowest BCUT2D eigenvalue weighted by atomic mass is 10.1. The third-order valence-electron chi connectivity index (χ3n) is 5.34. The molecule has 2 saturated heterocycles. The van der Waals surface area contributed by atoms with Crippen molar-refractivity contribution in [3.8, 4) is 5.75 Å². The normalized spacial score (nSPS) is 26.3. The number of para-hydroxylation sites is 1. The number of benzene rings is 1. The third kappa shape index (κ3) is 4.07. The molecule has 6 heteroatoms. The van der Waals surface area contributed by atoms with Crippen molar-refractivity contribution in [2.45, 2.75) is 31.5 Å². The van der Waals surface area contributed by atoms with E-state index in [1.807, 2.05) is 23.1 Å². The molecule has 0 aromatic heterocycles. The van der Waals surface area contributed by atoms with Crippen LogP contribution in [0.4, 0.5) is 4.79 Å². The van der Waals surface area contributed by atoms with Crippen LogP contribution in [-0.4, -0.2) is 73.9 Å². The highest BCUT2D eigenvalue weighted by atomic mass is 16.5. The lowest BCUT2D eigenvalue weighted by Gasteiger charge is -2.35. The molecule has 0 spiro atoms. The number of fused-ring (bicyclic) bond motifs is 1. The third-order valence-corrected chi connectivity index (χ3v) is 5.34. The van der Waals surface area contributed by atoms with E-state index in [9.17, 15) is 4.79 Å². The van der Waals surface area contributed by atoms with Crippen molar-refractivity contribution in [3.63, 3.8) is 0 Å². The fourth-order valence-corrected chi connectivity index (χ4v) is 3.89. The van der Waals surface area contributed by atoms with Crippen molar-refractivity contribution in [1.82, 2.24) is 15.1 Å². The van der Waals surface area contributed by atoms with Crippen LogP contribution in [0.25, 0.3) is 0 Å². The van der Waals surface area contributed by atoms with Crippen LogP contribution >= 0.6 is 0 Å². The van der Waals surface area contributed by atoms with Crippen molar-refractivity contribution in [2.75, 3.05) is 45.9 Å². The van der Waals surface area contributed by atoms with Crippen molar-refractivity contribution < 1.29 is 14.3 Å². The fourth-order valence-electron chi connectivity index (χ4n) is 3.89. The Bertz CT molecular complexity index is 570. The Morgan fingerprint density at radius 1 is 1.16 bits per heavy atom. The van der Waals surface area contributed by atoms with Gasteiger partial charge in [-0.3, -0.25) is 4.90 Å². The summed E-state index contributed by atoms with van der Waals surface area (Å²) in [7, 11) is 0. The maximum atomic E-state index is 12.4. The Kier molecular flexibility index (Phi) is 5.08. The Hall–Kier alpha value is -1.79. The summed E-state index contributed by atoms with van der Waals surface area (Å²) in [4.78, 5) is 16.7. The van der Waals surface area contributed by atoms with Gasteiger partial charge in [-0.05, 0) is 24.5 Å². The van der Waals surface area contributed by atoms with Crippen molar-refractivity contribution in [2.24, 2.45) is 0 Å². The van der Waals surface area contributed by atoms with Crippen LogP contribution in [0.15, 0.2) is 24.3 Å². The van der Waals surface area contributed by atoms with Crippen LogP contribution in [0.1, 0.15) is 18.4 Å². The van der Waals surface area contributed by atoms with Gasteiger partial charge < -0.3 is 19.7 Å². The van der Waals surface area contributed by atoms with Gasteiger partial charge in [0.25, 0.3) is 0 Å². The molecule has 3 heterocycles. The topological polar surface area (TPSA) is 54.0 Å². The molecule has 0 radical (unpaired) electrons. The summed E-state index contributed by atoms with van der Waals surface area (Å²) in [5.74, 6) is 0.949. The van der Waals surface area contributed by atoms with Gasteiger partial charge in [-0.2, -0.15) is 0 Å². The second kappa shape index (κ2) is 7.62. The van der Waals surface area contributed by atoms with E-state index in [4.69, 9.17) is 9.47 Å². The molecule has 0 aliphatic carbocycles. The predicted octanol–water partition coefficient (Wildman–Crippen LogP) is 1.50. The fraction of sp³-hybridized carbons (Fsp3) is 0.632. The summed E-state index contributed by atoms with van der Waals surface area (Å²) in [6.45, 7) is 5.89. The van der Waals surface area contributed by atoms with E-state index in [2.05, 4.69) is 16.3 Å². The number of amides is 2. The number of piperazine rings is 1. The van der Waals surface area contributed by atoms with Gasteiger partial charge in [0, 0.05) is 45.8 Å².